The zero-order valence-electron chi connectivity index (χ0n) is 23.4. The van der Waals surface area contributed by atoms with Crippen LogP contribution in [0.25, 0.3) is 10.9 Å². The van der Waals surface area contributed by atoms with E-state index in [1.807, 2.05) is 42.2 Å². The van der Waals surface area contributed by atoms with Crippen LogP contribution < -0.4 is 24.5 Å². The fourth-order valence-corrected chi connectivity index (χ4v) is 4.94. The van der Waals surface area contributed by atoms with E-state index in [0.29, 0.717) is 29.6 Å². The maximum Gasteiger partial charge on any atom is 0.260 e. The number of aromatic nitrogens is 1. The molecular formula is C31H33Cl2N3O6. The van der Waals surface area contributed by atoms with E-state index in [9.17, 15) is 9.59 Å². The fourth-order valence-electron chi connectivity index (χ4n) is 4.81. The predicted octanol–water partition coefficient (Wildman–Crippen LogP) is 5.06. The van der Waals surface area contributed by atoms with Gasteiger partial charge in [-0.2, -0.15) is 0 Å². The van der Waals surface area contributed by atoms with Crippen molar-refractivity contribution in [1.82, 2.24) is 14.8 Å². The number of aromatic amines is 1. The van der Waals surface area contributed by atoms with E-state index in [4.69, 9.17) is 30.5 Å². The van der Waals surface area contributed by atoms with Gasteiger partial charge in [-0.1, -0.05) is 29.8 Å². The summed E-state index contributed by atoms with van der Waals surface area (Å²) < 4.78 is 21.5. The molecule has 0 unspecified atom stereocenters. The second-order valence-electron chi connectivity index (χ2n) is 9.79. The van der Waals surface area contributed by atoms with Crippen molar-refractivity contribution in [2.75, 3.05) is 46.7 Å². The highest BCUT2D eigenvalue weighted by Crippen LogP contribution is 2.33. The SMILES string of the molecule is COc1cccc2c(C)cc(=O)[nH]c12.Cl.O=C(COc1ccc(Cl)cc1)N1CCN(Cc2ccc3c(c2)OCO3)CC1. The Morgan fingerprint density at radius 1 is 0.976 bits per heavy atom. The number of amides is 1. The van der Waals surface area contributed by atoms with Crippen LogP contribution in [0.1, 0.15) is 11.1 Å². The highest BCUT2D eigenvalue weighted by Gasteiger charge is 2.22. The number of halogens is 2. The maximum atomic E-state index is 12.4. The minimum absolute atomic E-state index is 0. The standard InChI is InChI=1S/C20H21ClN2O4.C11H11NO2.ClH/c21-16-2-4-17(5-3-16)25-13-20(24)23-9-7-22(8-10-23)12-15-1-6-18-19(11-15)27-14-26-18;1-7-6-10(13)12-11-8(7)4-3-5-9(11)14-2;/h1-6,11H,7-10,12-14H2;3-6H,1-2H3,(H,12,13);1H. The number of carbonyl (C=O) groups is 1. The normalized spacial score (nSPS) is 14.0. The van der Waals surface area contributed by atoms with Gasteiger partial charge in [0.2, 0.25) is 12.4 Å². The molecule has 0 saturated carbocycles. The van der Waals surface area contributed by atoms with Gasteiger partial charge in [0, 0.05) is 49.2 Å². The van der Waals surface area contributed by atoms with Gasteiger partial charge in [0.15, 0.2) is 18.1 Å². The van der Waals surface area contributed by atoms with E-state index < -0.39 is 0 Å². The number of aryl methyl sites for hydroxylation is 1. The average Bonchev–Trinajstić information content (AvgIpc) is 3.45. The smallest absolute Gasteiger partial charge is 0.260 e. The van der Waals surface area contributed by atoms with Crippen molar-refractivity contribution in [3.63, 3.8) is 0 Å². The van der Waals surface area contributed by atoms with Crippen LogP contribution in [0.2, 0.25) is 5.02 Å². The number of hydrogen-bond acceptors (Lipinski definition) is 7. The largest absolute Gasteiger partial charge is 0.495 e. The summed E-state index contributed by atoms with van der Waals surface area (Å²) in [5.41, 5.74) is 2.81. The first-order valence-electron chi connectivity index (χ1n) is 13.3. The van der Waals surface area contributed by atoms with E-state index in [-0.39, 0.29) is 37.3 Å². The molecule has 1 N–H and O–H groups in total. The van der Waals surface area contributed by atoms with Crippen LogP contribution in [0.4, 0.5) is 0 Å². The summed E-state index contributed by atoms with van der Waals surface area (Å²) in [6, 6.07) is 20.3. The molecule has 0 bridgehead atoms. The van der Waals surface area contributed by atoms with Crippen LogP contribution in [0.15, 0.2) is 71.5 Å². The molecule has 42 heavy (non-hydrogen) atoms. The van der Waals surface area contributed by atoms with Gasteiger partial charge in [-0.15, -0.1) is 12.4 Å². The van der Waals surface area contributed by atoms with Crippen molar-refractivity contribution < 1.29 is 23.7 Å². The number of nitrogens with one attached hydrogen (secondary N) is 1. The molecule has 2 aliphatic heterocycles. The number of rotatable bonds is 6. The first-order valence-corrected chi connectivity index (χ1v) is 13.7. The number of hydrogen-bond donors (Lipinski definition) is 1. The number of piperazine rings is 1. The van der Waals surface area contributed by atoms with Gasteiger partial charge in [0.05, 0.1) is 12.6 Å². The molecular weight excluding hydrogens is 581 g/mol. The minimum atomic E-state index is -0.0977. The highest BCUT2D eigenvalue weighted by molar-refractivity contribution is 6.30. The number of carbonyl (C=O) groups excluding carboxylic acids is 1. The Balaban J connectivity index is 0.000000228. The van der Waals surface area contributed by atoms with Crippen molar-refractivity contribution in [3.8, 4) is 23.0 Å². The van der Waals surface area contributed by atoms with E-state index in [2.05, 4.69) is 16.0 Å². The molecule has 3 heterocycles. The molecule has 6 rings (SSSR count). The second-order valence-corrected chi connectivity index (χ2v) is 10.2. The van der Waals surface area contributed by atoms with Crippen LogP contribution >= 0.6 is 24.0 Å². The molecule has 0 atom stereocenters. The second kappa shape index (κ2) is 14.3. The van der Waals surface area contributed by atoms with E-state index in [1.165, 1.54) is 5.56 Å². The monoisotopic (exact) mass is 613 g/mol. The Hall–Kier alpha value is -3.92. The number of pyridine rings is 1. The van der Waals surface area contributed by atoms with Crippen LogP contribution in [0.5, 0.6) is 23.0 Å². The number of H-pyrrole nitrogens is 1. The van der Waals surface area contributed by atoms with Crippen molar-refractivity contribution in [1.29, 1.82) is 0 Å². The lowest BCUT2D eigenvalue weighted by molar-refractivity contribution is -0.135. The third kappa shape index (κ3) is 7.67. The lowest BCUT2D eigenvalue weighted by atomic mass is 10.1. The lowest BCUT2D eigenvalue weighted by Crippen LogP contribution is -2.49. The summed E-state index contributed by atoms with van der Waals surface area (Å²) in [5, 5.41) is 1.66. The third-order valence-electron chi connectivity index (χ3n) is 7.01. The first kappa shape index (κ1) is 31.0. The predicted molar refractivity (Wildman–Crippen MR) is 164 cm³/mol. The Bertz CT molecular complexity index is 1570. The molecule has 4 aromatic rings. The molecule has 2 aliphatic rings. The number of nitrogens with zero attached hydrogens (tertiary/aromatic N) is 2. The van der Waals surface area contributed by atoms with Crippen LogP contribution in [-0.2, 0) is 11.3 Å². The van der Waals surface area contributed by atoms with Gasteiger partial charge in [-0.25, -0.2) is 0 Å². The fraction of sp³-hybridized carbons (Fsp3) is 0.290. The quantitative estimate of drug-likeness (QED) is 0.325. The summed E-state index contributed by atoms with van der Waals surface area (Å²) >= 11 is 5.85. The molecule has 11 heteroatoms. The van der Waals surface area contributed by atoms with Gasteiger partial charge in [0.25, 0.3) is 5.91 Å². The van der Waals surface area contributed by atoms with Crippen LogP contribution in [0, 0.1) is 6.92 Å². The Morgan fingerprint density at radius 2 is 1.71 bits per heavy atom. The number of methoxy groups -OCH3 is 1. The van der Waals surface area contributed by atoms with Crippen molar-refractivity contribution in [2.45, 2.75) is 13.5 Å². The first-order chi connectivity index (χ1) is 19.9. The molecule has 222 valence electrons. The maximum absolute atomic E-state index is 12.4. The van der Waals surface area contributed by atoms with Crippen molar-refractivity contribution in [2.24, 2.45) is 0 Å². The van der Waals surface area contributed by atoms with Crippen LogP contribution in [-0.4, -0.2) is 67.4 Å². The molecule has 1 amide bonds. The number of ether oxygens (including phenoxy) is 4. The molecule has 3 aromatic carbocycles. The van der Waals surface area contributed by atoms with Crippen molar-refractivity contribution >= 4 is 40.8 Å². The van der Waals surface area contributed by atoms with Gasteiger partial charge in [-0.3, -0.25) is 14.5 Å². The molecule has 0 radical (unpaired) electrons. The topological polar surface area (TPSA) is 93.3 Å². The molecule has 9 nitrogen and oxygen atoms in total. The van der Waals surface area contributed by atoms with E-state index in [1.54, 1.807) is 37.4 Å². The lowest BCUT2D eigenvalue weighted by Gasteiger charge is -2.34. The van der Waals surface area contributed by atoms with Crippen molar-refractivity contribution in [3.05, 3.63) is 93.2 Å². The van der Waals surface area contributed by atoms with Gasteiger partial charge >= 0.3 is 0 Å². The Kier molecular flexibility index (Phi) is 10.6. The molecule has 1 fully saturated rings. The Morgan fingerprint density at radius 3 is 2.45 bits per heavy atom. The van der Waals surface area contributed by atoms with Gasteiger partial charge in [0.1, 0.15) is 11.5 Å². The molecule has 1 saturated heterocycles. The summed E-state index contributed by atoms with van der Waals surface area (Å²) in [7, 11) is 1.59. The Labute approximate surface area is 255 Å². The number of para-hydroxylation sites is 1. The van der Waals surface area contributed by atoms with E-state index >= 15 is 0 Å². The number of fused-ring (bicyclic) bond motifs is 2. The van der Waals surface area contributed by atoms with Gasteiger partial charge < -0.3 is 28.8 Å². The highest BCUT2D eigenvalue weighted by atomic mass is 35.5. The summed E-state index contributed by atoms with van der Waals surface area (Å²) in [5.74, 6) is 2.96. The molecule has 0 spiro atoms. The van der Waals surface area contributed by atoms with E-state index in [0.717, 1.165) is 47.6 Å². The average molecular weight is 615 g/mol. The zero-order chi connectivity index (χ0) is 28.8. The number of benzene rings is 3. The third-order valence-corrected chi connectivity index (χ3v) is 7.26. The molecule has 1 aromatic heterocycles. The molecule has 0 aliphatic carbocycles. The summed E-state index contributed by atoms with van der Waals surface area (Å²) in [6.45, 7) is 6.15. The summed E-state index contributed by atoms with van der Waals surface area (Å²) in [6.07, 6.45) is 0. The van der Waals surface area contributed by atoms with Gasteiger partial charge in [-0.05, 0) is 60.5 Å². The zero-order valence-corrected chi connectivity index (χ0v) is 25.0. The minimum Gasteiger partial charge on any atom is -0.495 e. The summed E-state index contributed by atoms with van der Waals surface area (Å²) in [4.78, 5) is 30.6. The van der Waals surface area contributed by atoms with Crippen LogP contribution in [0.3, 0.4) is 0 Å².